The Morgan fingerprint density at radius 1 is 1.00 bits per heavy atom. The average molecular weight is 467 g/mol. The van der Waals surface area contributed by atoms with Crippen molar-refractivity contribution in [1.29, 1.82) is 0 Å². The van der Waals surface area contributed by atoms with Crippen LogP contribution in [0.25, 0.3) is 0 Å². The molecule has 1 saturated heterocycles. The number of benzene rings is 1. The van der Waals surface area contributed by atoms with Crippen LogP contribution in [0.1, 0.15) is 94.6 Å². The van der Waals surface area contributed by atoms with E-state index in [1.54, 1.807) is 12.7 Å². The Kier molecular flexibility index (Phi) is 7.02. The number of amides is 2. The van der Waals surface area contributed by atoms with Gasteiger partial charge in [0.1, 0.15) is 5.75 Å². The Morgan fingerprint density at radius 3 is 2.59 bits per heavy atom. The van der Waals surface area contributed by atoms with Crippen LogP contribution in [-0.4, -0.2) is 43.0 Å². The molecule has 186 valence electrons. The summed E-state index contributed by atoms with van der Waals surface area (Å²) in [5.74, 6) is 3.46. The van der Waals surface area contributed by atoms with Gasteiger partial charge in [-0.3, -0.25) is 14.5 Å². The van der Waals surface area contributed by atoms with Gasteiger partial charge in [0.15, 0.2) is 0 Å². The van der Waals surface area contributed by atoms with Crippen LogP contribution < -0.4 is 10.1 Å². The SMILES string of the molecule is COc1ccc2c(c1)CC[C@@H]1C2CC[C@@]2(C)C1CC[C@@H]2NCCCCCCN1C(=O)CCC1=O. The first-order valence-electron chi connectivity index (χ1n) is 13.7. The van der Waals surface area contributed by atoms with E-state index in [1.807, 2.05) is 0 Å². The fourth-order valence-electron chi connectivity index (χ4n) is 7.92. The lowest BCUT2D eigenvalue weighted by molar-refractivity contribution is -0.138. The average Bonchev–Trinajstić information content (AvgIpc) is 3.36. The lowest BCUT2D eigenvalue weighted by Gasteiger charge is -2.51. The molecule has 3 aliphatic carbocycles. The molecule has 1 aromatic rings. The van der Waals surface area contributed by atoms with Gasteiger partial charge in [0, 0.05) is 25.4 Å². The van der Waals surface area contributed by atoms with Crippen molar-refractivity contribution in [3.63, 3.8) is 0 Å². The minimum Gasteiger partial charge on any atom is -0.497 e. The number of aryl methyl sites for hydroxylation is 1. The highest BCUT2D eigenvalue weighted by Crippen LogP contribution is 2.61. The largest absolute Gasteiger partial charge is 0.497 e. The van der Waals surface area contributed by atoms with Crippen molar-refractivity contribution >= 4 is 11.8 Å². The summed E-state index contributed by atoms with van der Waals surface area (Å²) in [4.78, 5) is 24.9. The molecule has 0 radical (unpaired) electrons. The monoisotopic (exact) mass is 466 g/mol. The second-order valence-electron chi connectivity index (χ2n) is 11.5. The summed E-state index contributed by atoms with van der Waals surface area (Å²) >= 11 is 0. The van der Waals surface area contributed by atoms with E-state index in [0.717, 1.165) is 42.9 Å². The number of methoxy groups -OCH3 is 1. The molecule has 1 heterocycles. The third-order valence-electron chi connectivity index (χ3n) is 9.79. The number of imide groups is 1. The molecule has 2 unspecified atom stereocenters. The van der Waals surface area contributed by atoms with Crippen molar-refractivity contribution in [2.75, 3.05) is 20.2 Å². The Morgan fingerprint density at radius 2 is 1.79 bits per heavy atom. The summed E-state index contributed by atoms with van der Waals surface area (Å²) in [5, 5.41) is 3.96. The minimum atomic E-state index is 0.0200. The van der Waals surface area contributed by atoms with Crippen LogP contribution in [0.15, 0.2) is 18.2 Å². The number of fused-ring (bicyclic) bond motifs is 5. The van der Waals surface area contributed by atoms with Gasteiger partial charge in [-0.2, -0.15) is 0 Å². The van der Waals surface area contributed by atoms with Crippen molar-refractivity contribution < 1.29 is 14.3 Å². The molecule has 5 atom stereocenters. The van der Waals surface area contributed by atoms with E-state index in [2.05, 4.69) is 30.4 Å². The topological polar surface area (TPSA) is 58.6 Å². The fourth-order valence-corrected chi connectivity index (χ4v) is 7.92. The maximum atomic E-state index is 11.7. The Labute approximate surface area is 205 Å². The van der Waals surface area contributed by atoms with Crippen LogP contribution in [0.5, 0.6) is 5.75 Å². The lowest BCUT2D eigenvalue weighted by atomic mass is 9.55. The first-order chi connectivity index (χ1) is 16.5. The van der Waals surface area contributed by atoms with E-state index >= 15 is 0 Å². The van der Waals surface area contributed by atoms with Crippen LogP contribution >= 0.6 is 0 Å². The molecule has 1 aliphatic heterocycles. The van der Waals surface area contributed by atoms with E-state index in [0.29, 0.717) is 30.8 Å². The van der Waals surface area contributed by atoms with E-state index < -0.39 is 0 Å². The van der Waals surface area contributed by atoms with E-state index in [4.69, 9.17) is 4.74 Å². The minimum absolute atomic E-state index is 0.0200. The molecule has 5 nitrogen and oxygen atoms in total. The van der Waals surface area contributed by atoms with Gasteiger partial charge in [0.05, 0.1) is 7.11 Å². The number of nitrogens with one attached hydrogen (secondary N) is 1. The zero-order chi connectivity index (χ0) is 23.7. The van der Waals surface area contributed by atoms with Crippen molar-refractivity contribution in [2.45, 2.75) is 95.9 Å². The predicted molar refractivity (Wildman–Crippen MR) is 134 cm³/mol. The summed E-state index contributed by atoms with van der Waals surface area (Å²) in [6.07, 6.45) is 13.1. The molecule has 5 heteroatoms. The molecule has 1 aromatic carbocycles. The second-order valence-corrected chi connectivity index (χ2v) is 11.5. The first-order valence-corrected chi connectivity index (χ1v) is 13.7. The highest BCUT2D eigenvalue weighted by molar-refractivity contribution is 6.01. The Hall–Kier alpha value is -1.88. The number of nitrogens with zero attached hydrogens (tertiary/aromatic N) is 1. The quantitative estimate of drug-likeness (QED) is 0.400. The molecular weight excluding hydrogens is 424 g/mol. The highest BCUT2D eigenvalue weighted by atomic mass is 16.5. The third kappa shape index (κ3) is 4.41. The normalized spacial score (nSPS) is 32.5. The van der Waals surface area contributed by atoms with Crippen LogP contribution in [0.4, 0.5) is 0 Å². The molecular formula is C29H42N2O3. The number of hydrogen-bond donors (Lipinski definition) is 1. The first kappa shape index (κ1) is 23.8. The predicted octanol–water partition coefficient (Wildman–Crippen LogP) is 5.22. The summed E-state index contributed by atoms with van der Waals surface area (Å²) in [7, 11) is 1.77. The van der Waals surface area contributed by atoms with Gasteiger partial charge in [-0.05, 0) is 104 Å². The maximum absolute atomic E-state index is 11.7. The molecule has 2 saturated carbocycles. The van der Waals surface area contributed by atoms with Crippen LogP contribution in [0, 0.1) is 17.3 Å². The molecule has 0 aromatic heterocycles. The smallest absolute Gasteiger partial charge is 0.229 e. The van der Waals surface area contributed by atoms with E-state index in [1.165, 1.54) is 61.8 Å². The number of likely N-dealkylation sites (tertiary alicyclic amines) is 1. The maximum Gasteiger partial charge on any atom is 0.229 e. The molecule has 4 aliphatic rings. The molecule has 3 fully saturated rings. The van der Waals surface area contributed by atoms with Crippen LogP contribution in [0.2, 0.25) is 0 Å². The van der Waals surface area contributed by atoms with Crippen molar-refractivity contribution in [2.24, 2.45) is 17.3 Å². The Balaban J connectivity index is 1.08. The summed E-state index contributed by atoms with van der Waals surface area (Å²) in [6.45, 7) is 4.28. The molecule has 34 heavy (non-hydrogen) atoms. The number of carbonyl (C=O) groups is 2. The van der Waals surface area contributed by atoms with Crippen molar-refractivity contribution in [3.05, 3.63) is 29.3 Å². The molecule has 1 N–H and O–H groups in total. The molecule has 5 rings (SSSR count). The standard InChI is InChI=1S/C29H42N2O3/c1-29-16-15-23-22-10-8-21(34-2)19-20(22)7-9-24(23)25(29)11-12-26(29)30-17-5-3-4-6-18-31-27(32)13-14-28(31)33/h8,10,19,23-26,30H,3-7,9,11-18H2,1-2H3/t23?,24-,25?,26+,29+/m1/s1. The second kappa shape index (κ2) is 10.0. The summed E-state index contributed by atoms with van der Waals surface area (Å²) in [6, 6.07) is 7.44. The molecule has 0 spiro atoms. The zero-order valence-electron chi connectivity index (χ0n) is 21.1. The van der Waals surface area contributed by atoms with Crippen molar-refractivity contribution in [3.8, 4) is 5.75 Å². The van der Waals surface area contributed by atoms with Gasteiger partial charge >= 0.3 is 0 Å². The van der Waals surface area contributed by atoms with E-state index in [9.17, 15) is 9.59 Å². The lowest BCUT2D eigenvalue weighted by Crippen LogP contribution is -2.48. The summed E-state index contributed by atoms with van der Waals surface area (Å²) in [5.41, 5.74) is 3.56. The highest BCUT2D eigenvalue weighted by Gasteiger charge is 2.54. The van der Waals surface area contributed by atoms with Gasteiger partial charge in [-0.15, -0.1) is 0 Å². The summed E-state index contributed by atoms with van der Waals surface area (Å²) < 4.78 is 5.48. The van der Waals surface area contributed by atoms with E-state index in [-0.39, 0.29) is 11.8 Å². The Bertz CT molecular complexity index is 899. The fraction of sp³-hybridized carbons (Fsp3) is 0.724. The molecule has 2 amide bonds. The van der Waals surface area contributed by atoms with Gasteiger partial charge < -0.3 is 10.1 Å². The third-order valence-corrected chi connectivity index (χ3v) is 9.79. The van der Waals surface area contributed by atoms with Crippen LogP contribution in [-0.2, 0) is 16.0 Å². The zero-order valence-corrected chi connectivity index (χ0v) is 21.1. The van der Waals surface area contributed by atoms with Gasteiger partial charge in [0.25, 0.3) is 0 Å². The number of unbranched alkanes of at least 4 members (excludes halogenated alkanes) is 3. The number of rotatable bonds is 9. The number of hydrogen-bond acceptors (Lipinski definition) is 4. The number of carbonyl (C=O) groups excluding carboxylic acids is 2. The number of ether oxygens (including phenoxy) is 1. The van der Waals surface area contributed by atoms with Gasteiger partial charge in [-0.1, -0.05) is 25.8 Å². The van der Waals surface area contributed by atoms with Gasteiger partial charge in [0.2, 0.25) is 11.8 Å². The van der Waals surface area contributed by atoms with Crippen LogP contribution in [0.3, 0.4) is 0 Å². The van der Waals surface area contributed by atoms with Gasteiger partial charge in [-0.25, -0.2) is 0 Å². The molecule has 0 bridgehead atoms. The van der Waals surface area contributed by atoms with Crippen molar-refractivity contribution in [1.82, 2.24) is 10.2 Å².